The summed E-state index contributed by atoms with van der Waals surface area (Å²) in [6.45, 7) is 5.48. The van der Waals surface area contributed by atoms with Crippen LogP contribution in [0.5, 0.6) is 0 Å². The highest BCUT2D eigenvalue weighted by Crippen LogP contribution is 2.19. The highest BCUT2D eigenvalue weighted by molar-refractivity contribution is 8.00. The van der Waals surface area contributed by atoms with Crippen LogP contribution in [0.15, 0.2) is 41.8 Å². The maximum Gasteiger partial charge on any atom is 0.230 e. The van der Waals surface area contributed by atoms with Gasteiger partial charge in [-0.1, -0.05) is 6.08 Å². The van der Waals surface area contributed by atoms with E-state index in [0.717, 1.165) is 10.6 Å². The van der Waals surface area contributed by atoms with Gasteiger partial charge in [0.1, 0.15) is 0 Å². The molecule has 2 N–H and O–H groups in total. The molecule has 5 heteroatoms. The minimum atomic E-state index is -0.0980. The summed E-state index contributed by atoms with van der Waals surface area (Å²) in [5.41, 5.74) is 0.753. The molecule has 1 aromatic rings. The molecule has 0 spiro atoms. The van der Waals surface area contributed by atoms with Gasteiger partial charge in [0.2, 0.25) is 11.8 Å². The van der Waals surface area contributed by atoms with E-state index in [-0.39, 0.29) is 11.8 Å². The zero-order valence-corrected chi connectivity index (χ0v) is 11.0. The van der Waals surface area contributed by atoms with Crippen LogP contribution in [0.1, 0.15) is 6.92 Å². The lowest BCUT2D eigenvalue weighted by Crippen LogP contribution is -2.24. The SMILES string of the molecule is C=CCNC(=O)CSc1ccc(NC(C)=O)cc1. The smallest absolute Gasteiger partial charge is 0.230 e. The number of benzene rings is 1. The van der Waals surface area contributed by atoms with Gasteiger partial charge in [-0.15, -0.1) is 18.3 Å². The lowest BCUT2D eigenvalue weighted by molar-refractivity contribution is -0.118. The van der Waals surface area contributed by atoms with Crippen molar-refractivity contribution >= 4 is 29.3 Å². The first kappa shape index (κ1) is 14.3. The van der Waals surface area contributed by atoms with Gasteiger partial charge in [0.05, 0.1) is 5.75 Å². The zero-order chi connectivity index (χ0) is 13.4. The normalized spacial score (nSPS) is 9.61. The molecule has 96 valence electrons. The Kier molecular flexibility index (Phi) is 6.00. The Morgan fingerprint density at radius 3 is 2.56 bits per heavy atom. The molecule has 0 unspecified atom stereocenters. The molecule has 0 heterocycles. The van der Waals surface area contributed by atoms with Gasteiger partial charge in [-0.05, 0) is 24.3 Å². The quantitative estimate of drug-likeness (QED) is 0.610. The molecule has 0 fully saturated rings. The average molecular weight is 264 g/mol. The Morgan fingerprint density at radius 1 is 1.33 bits per heavy atom. The van der Waals surface area contributed by atoms with E-state index in [1.165, 1.54) is 18.7 Å². The van der Waals surface area contributed by atoms with Crippen LogP contribution in [0, 0.1) is 0 Å². The lowest BCUT2D eigenvalue weighted by Gasteiger charge is -2.05. The maximum absolute atomic E-state index is 11.4. The Morgan fingerprint density at radius 2 is 2.00 bits per heavy atom. The minimum Gasteiger partial charge on any atom is -0.352 e. The van der Waals surface area contributed by atoms with Crippen molar-refractivity contribution in [3.05, 3.63) is 36.9 Å². The Hall–Kier alpha value is -1.75. The molecule has 0 atom stereocenters. The zero-order valence-electron chi connectivity index (χ0n) is 10.2. The molecule has 0 bridgehead atoms. The van der Waals surface area contributed by atoms with Crippen LogP contribution in [-0.4, -0.2) is 24.1 Å². The molecular formula is C13H16N2O2S. The van der Waals surface area contributed by atoms with Gasteiger partial charge < -0.3 is 10.6 Å². The van der Waals surface area contributed by atoms with E-state index >= 15 is 0 Å². The first-order valence-electron chi connectivity index (χ1n) is 5.50. The maximum atomic E-state index is 11.4. The number of thioether (sulfide) groups is 1. The van der Waals surface area contributed by atoms with E-state index in [1.54, 1.807) is 6.08 Å². The van der Waals surface area contributed by atoms with Crippen LogP contribution in [-0.2, 0) is 9.59 Å². The van der Waals surface area contributed by atoms with E-state index in [1.807, 2.05) is 24.3 Å². The van der Waals surface area contributed by atoms with Gasteiger partial charge in [0.25, 0.3) is 0 Å². The molecule has 0 aliphatic carbocycles. The molecule has 1 aromatic carbocycles. The first-order chi connectivity index (χ1) is 8.61. The summed E-state index contributed by atoms with van der Waals surface area (Å²) < 4.78 is 0. The standard InChI is InChI=1S/C13H16N2O2S/c1-3-8-14-13(17)9-18-12-6-4-11(5-7-12)15-10(2)16/h3-7H,1,8-9H2,2H3,(H,14,17)(H,15,16). The van der Waals surface area contributed by atoms with Crippen molar-refractivity contribution in [2.24, 2.45) is 0 Å². The molecule has 0 aromatic heterocycles. The van der Waals surface area contributed by atoms with Gasteiger partial charge in [-0.2, -0.15) is 0 Å². The van der Waals surface area contributed by atoms with Crippen molar-refractivity contribution in [1.29, 1.82) is 0 Å². The summed E-state index contributed by atoms with van der Waals surface area (Å²) >= 11 is 1.45. The molecular weight excluding hydrogens is 248 g/mol. The molecule has 4 nitrogen and oxygen atoms in total. The minimum absolute atomic E-state index is 0.0224. The van der Waals surface area contributed by atoms with Crippen molar-refractivity contribution in [2.45, 2.75) is 11.8 Å². The fourth-order valence-corrected chi connectivity index (χ4v) is 1.95. The van der Waals surface area contributed by atoms with E-state index in [2.05, 4.69) is 17.2 Å². The molecule has 0 saturated carbocycles. The van der Waals surface area contributed by atoms with Crippen molar-refractivity contribution < 1.29 is 9.59 Å². The monoisotopic (exact) mass is 264 g/mol. The van der Waals surface area contributed by atoms with Crippen LogP contribution in [0.4, 0.5) is 5.69 Å². The van der Waals surface area contributed by atoms with Crippen LogP contribution < -0.4 is 10.6 Å². The van der Waals surface area contributed by atoms with Gasteiger partial charge >= 0.3 is 0 Å². The fraction of sp³-hybridized carbons (Fsp3) is 0.231. The number of hydrogen-bond acceptors (Lipinski definition) is 3. The lowest BCUT2D eigenvalue weighted by atomic mass is 10.3. The number of rotatable bonds is 6. The van der Waals surface area contributed by atoms with Crippen LogP contribution >= 0.6 is 11.8 Å². The summed E-state index contributed by atoms with van der Waals surface area (Å²) in [7, 11) is 0. The molecule has 0 aliphatic heterocycles. The van der Waals surface area contributed by atoms with Gasteiger partial charge in [0, 0.05) is 24.1 Å². The van der Waals surface area contributed by atoms with Crippen LogP contribution in [0.2, 0.25) is 0 Å². The molecule has 0 radical (unpaired) electrons. The fourth-order valence-electron chi connectivity index (χ4n) is 1.22. The highest BCUT2D eigenvalue weighted by atomic mass is 32.2. The van der Waals surface area contributed by atoms with E-state index in [4.69, 9.17) is 0 Å². The predicted molar refractivity (Wildman–Crippen MR) is 74.7 cm³/mol. The third-order valence-electron chi connectivity index (χ3n) is 1.99. The van der Waals surface area contributed by atoms with E-state index < -0.39 is 0 Å². The second-order valence-electron chi connectivity index (χ2n) is 3.59. The summed E-state index contributed by atoms with van der Waals surface area (Å²) in [6.07, 6.45) is 1.64. The van der Waals surface area contributed by atoms with Gasteiger partial charge in [-0.3, -0.25) is 9.59 Å². The van der Waals surface area contributed by atoms with Crippen LogP contribution in [0.3, 0.4) is 0 Å². The topological polar surface area (TPSA) is 58.2 Å². The molecule has 1 rings (SSSR count). The molecule has 0 saturated heterocycles. The van der Waals surface area contributed by atoms with Crippen molar-refractivity contribution in [3.63, 3.8) is 0 Å². The van der Waals surface area contributed by atoms with Crippen molar-refractivity contribution in [3.8, 4) is 0 Å². The third-order valence-corrected chi connectivity index (χ3v) is 3.00. The average Bonchev–Trinajstić information content (AvgIpc) is 2.35. The molecule has 18 heavy (non-hydrogen) atoms. The number of amides is 2. The Labute approximate surface area is 111 Å². The van der Waals surface area contributed by atoms with E-state index in [9.17, 15) is 9.59 Å². The van der Waals surface area contributed by atoms with E-state index in [0.29, 0.717) is 12.3 Å². The first-order valence-corrected chi connectivity index (χ1v) is 6.48. The number of anilines is 1. The largest absolute Gasteiger partial charge is 0.352 e. The van der Waals surface area contributed by atoms with Gasteiger partial charge in [0.15, 0.2) is 0 Å². The second-order valence-corrected chi connectivity index (χ2v) is 4.64. The second kappa shape index (κ2) is 7.55. The summed E-state index contributed by atoms with van der Waals surface area (Å²) in [6, 6.07) is 7.37. The number of carbonyl (C=O) groups is 2. The summed E-state index contributed by atoms with van der Waals surface area (Å²) in [5, 5.41) is 5.39. The van der Waals surface area contributed by atoms with Crippen molar-refractivity contribution in [2.75, 3.05) is 17.6 Å². The number of nitrogens with one attached hydrogen (secondary N) is 2. The molecule has 0 aliphatic rings. The third kappa shape index (κ3) is 5.54. The van der Waals surface area contributed by atoms with Gasteiger partial charge in [-0.25, -0.2) is 0 Å². The summed E-state index contributed by atoms with van der Waals surface area (Å²) in [5.74, 6) is 0.248. The van der Waals surface area contributed by atoms with Crippen LogP contribution in [0.25, 0.3) is 0 Å². The molecule has 2 amide bonds. The van der Waals surface area contributed by atoms with Crippen molar-refractivity contribution in [1.82, 2.24) is 5.32 Å². The number of hydrogen-bond donors (Lipinski definition) is 2. The Balaban J connectivity index is 2.41. The predicted octanol–water partition coefficient (Wildman–Crippen LogP) is 2.04. The summed E-state index contributed by atoms with van der Waals surface area (Å²) in [4.78, 5) is 23.2. The number of carbonyl (C=O) groups excluding carboxylic acids is 2. The highest BCUT2D eigenvalue weighted by Gasteiger charge is 2.02. The Bertz CT molecular complexity index is 429.